The van der Waals surface area contributed by atoms with E-state index in [1.807, 2.05) is 0 Å². The zero-order chi connectivity index (χ0) is 30.9. The summed E-state index contributed by atoms with van der Waals surface area (Å²) in [5.74, 6) is -0.716. The molecule has 2 fully saturated rings. The minimum absolute atomic E-state index is 0.0697. The van der Waals surface area contributed by atoms with Gasteiger partial charge in [-0.15, -0.1) is 0 Å². The van der Waals surface area contributed by atoms with Crippen molar-refractivity contribution in [1.29, 1.82) is 0 Å². The van der Waals surface area contributed by atoms with E-state index >= 15 is 0 Å². The zero-order valence-corrected chi connectivity index (χ0v) is 26.4. The fraction of sp³-hybridized carbons (Fsp3) is 0.400. The molecule has 3 atom stereocenters. The van der Waals surface area contributed by atoms with Gasteiger partial charge in [0.05, 0.1) is 9.79 Å². The molecule has 43 heavy (non-hydrogen) atoms. The molecule has 0 spiro atoms. The SMILES string of the molecule is C[C@H](C(=O)N1CCCC(CNS(=O)(=O)c2ccccc2)C1)N1CC[C@H](N(C)S(=O)(=O)c2ccc3cc(Cl)ccc3c2)C1=O. The van der Waals surface area contributed by atoms with Crippen molar-refractivity contribution in [3.8, 4) is 0 Å². The highest BCUT2D eigenvalue weighted by Gasteiger charge is 2.43. The minimum Gasteiger partial charge on any atom is -0.341 e. The standard InChI is InChI=1S/C30H35ClN4O6S2/c1-21(29(36)34-15-6-7-22(20-34)19-32-42(38,39)26-8-4-3-5-9-26)35-16-14-28(30(35)37)33(2)43(40,41)27-13-11-23-17-25(31)12-10-24(23)18-27/h3-5,8-13,17-18,21-22,28,32H,6-7,14-16,19-20H2,1-2H3/t21-,22?,28+/m1/s1. The quantitative estimate of drug-likeness (QED) is 0.381. The van der Waals surface area contributed by atoms with E-state index in [1.54, 1.807) is 60.4 Å². The van der Waals surface area contributed by atoms with Crippen molar-refractivity contribution in [2.24, 2.45) is 5.92 Å². The molecule has 3 aromatic carbocycles. The third-order valence-electron chi connectivity index (χ3n) is 8.37. The number of sulfonamides is 2. The number of carbonyl (C=O) groups excluding carboxylic acids is 2. The maximum atomic E-state index is 13.5. The van der Waals surface area contributed by atoms with Gasteiger partial charge in [0.1, 0.15) is 12.1 Å². The first-order chi connectivity index (χ1) is 20.4. The summed E-state index contributed by atoms with van der Waals surface area (Å²) >= 11 is 6.05. The Kier molecular flexibility index (Phi) is 9.15. The van der Waals surface area contributed by atoms with Gasteiger partial charge in [-0.3, -0.25) is 9.59 Å². The number of fused-ring (bicyclic) bond motifs is 1. The number of piperidine rings is 1. The van der Waals surface area contributed by atoms with Gasteiger partial charge in [0.25, 0.3) is 0 Å². The lowest BCUT2D eigenvalue weighted by Crippen LogP contribution is -2.53. The van der Waals surface area contributed by atoms with Crippen LogP contribution in [0.4, 0.5) is 0 Å². The summed E-state index contributed by atoms with van der Waals surface area (Å²) in [6.07, 6.45) is 1.75. The Bertz CT molecular complexity index is 1740. The predicted octanol–water partition coefficient (Wildman–Crippen LogP) is 3.32. The number of amides is 2. The van der Waals surface area contributed by atoms with E-state index in [4.69, 9.17) is 11.6 Å². The lowest BCUT2D eigenvalue weighted by molar-refractivity contribution is -0.145. The number of likely N-dealkylation sites (N-methyl/N-ethyl adjacent to an activating group) is 1. The number of hydrogen-bond acceptors (Lipinski definition) is 6. The molecule has 0 aromatic heterocycles. The summed E-state index contributed by atoms with van der Waals surface area (Å²) in [4.78, 5) is 30.4. The molecular formula is C30H35ClN4O6S2. The van der Waals surface area contributed by atoms with E-state index in [0.29, 0.717) is 29.9 Å². The summed E-state index contributed by atoms with van der Waals surface area (Å²) in [6, 6.07) is 16.4. The Morgan fingerprint density at radius 2 is 1.67 bits per heavy atom. The molecule has 2 saturated heterocycles. The summed E-state index contributed by atoms with van der Waals surface area (Å²) in [5.41, 5.74) is 0. The number of hydrogen-bond donors (Lipinski definition) is 1. The molecule has 0 aliphatic carbocycles. The van der Waals surface area contributed by atoms with Gasteiger partial charge in [-0.2, -0.15) is 4.31 Å². The Morgan fingerprint density at radius 3 is 2.42 bits per heavy atom. The normalized spacial score (nSPS) is 20.6. The first-order valence-electron chi connectivity index (χ1n) is 14.2. The van der Waals surface area contributed by atoms with Crippen molar-refractivity contribution in [2.45, 2.75) is 48.1 Å². The number of carbonyl (C=O) groups is 2. The molecule has 2 amide bonds. The molecule has 0 radical (unpaired) electrons. The van der Waals surface area contributed by atoms with Crippen LogP contribution in [0.5, 0.6) is 0 Å². The number of nitrogens with zero attached hydrogens (tertiary/aromatic N) is 3. The summed E-state index contributed by atoms with van der Waals surface area (Å²) in [5, 5.41) is 2.07. The number of halogens is 1. The minimum atomic E-state index is -3.99. The molecule has 2 aliphatic heterocycles. The fourth-order valence-electron chi connectivity index (χ4n) is 5.84. The molecule has 1 unspecified atom stereocenters. The van der Waals surface area contributed by atoms with Crippen LogP contribution in [0.2, 0.25) is 5.02 Å². The molecule has 5 rings (SSSR count). The van der Waals surface area contributed by atoms with Crippen LogP contribution in [0.1, 0.15) is 26.2 Å². The first kappa shape index (κ1) is 31.4. The number of nitrogens with one attached hydrogen (secondary N) is 1. The number of benzene rings is 3. The van der Waals surface area contributed by atoms with Crippen molar-refractivity contribution in [3.63, 3.8) is 0 Å². The predicted molar refractivity (Wildman–Crippen MR) is 164 cm³/mol. The third-order valence-corrected chi connectivity index (χ3v) is 11.9. The number of rotatable bonds is 9. The molecule has 2 aliphatic rings. The van der Waals surface area contributed by atoms with E-state index in [2.05, 4.69) is 4.72 Å². The lowest BCUT2D eigenvalue weighted by Gasteiger charge is -2.36. The first-order valence-corrected chi connectivity index (χ1v) is 17.5. The van der Waals surface area contributed by atoms with Crippen molar-refractivity contribution in [3.05, 3.63) is 71.8 Å². The van der Waals surface area contributed by atoms with Gasteiger partial charge in [0, 0.05) is 38.2 Å². The molecular weight excluding hydrogens is 612 g/mol. The number of likely N-dealkylation sites (tertiary alicyclic amines) is 2. The largest absolute Gasteiger partial charge is 0.341 e. The van der Waals surface area contributed by atoms with Crippen LogP contribution < -0.4 is 4.72 Å². The maximum Gasteiger partial charge on any atom is 0.245 e. The van der Waals surface area contributed by atoms with Crippen molar-refractivity contribution < 1.29 is 26.4 Å². The van der Waals surface area contributed by atoms with Gasteiger partial charge >= 0.3 is 0 Å². The molecule has 2 heterocycles. The van der Waals surface area contributed by atoms with Gasteiger partial charge < -0.3 is 9.80 Å². The Labute approximate surface area is 257 Å². The van der Waals surface area contributed by atoms with Gasteiger partial charge in [-0.05, 0) is 79.3 Å². The van der Waals surface area contributed by atoms with Gasteiger partial charge in [-0.25, -0.2) is 21.6 Å². The van der Waals surface area contributed by atoms with Gasteiger partial charge in [-0.1, -0.05) is 41.9 Å². The van der Waals surface area contributed by atoms with E-state index in [0.717, 1.165) is 16.1 Å². The molecule has 13 heteroatoms. The monoisotopic (exact) mass is 646 g/mol. The molecule has 1 N–H and O–H groups in total. The summed E-state index contributed by atoms with van der Waals surface area (Å²) in [7, 11) is -6.26. The van der Waals surface area contributed by atoms with Crippen LogP contribution in [0.15, 0.2) is 76.5 Å². The zero-order valence-electron chi connectivity index (χ0n) is 24.0. The van der Waals surface area contributed by atoms with E-state index in [9.17, 15) is 26.4 Å². The fourth-order valence-corrected chi connectivity index (χ4v) is 8.53. The highest BCUT2D eigenvalue weighted by Crippen LogP contribution is 2.28. The van der Waals surface area contributed by atoms with E-state index < -0.39 is 38.0 Å². The molecule has 230 valence electrons. The lowest BCUT2D eigenvalue weighted by atomic mass is 9.97. The maximum absolute atomic E-state index is 13.5. The third kappa shape index (κ3) is 6.58. The van der Waals surface area contributed by atoms with E-state index in [-0.39, 0.29) is 41.1 Å². The van der Waals surface area contributed by atoms with Crippen LogP contribution in [0.3, 0.4) is 0 Å². The molecule has 3 aromatic rings. The second kappa shape index (κ2) is 12.5. The van der Waals surface area contributed by atoms with Crippen molar-refractivity contribution in [1.82, 2.24) is 18.8 Å². The average Bonchev–Trinajstić information content (AvgIpc) is 3.39. The van der Waals surface area contributed by atoms with Crippen LogP contribution >= 0.6 is 11.6 Å². The van der Waals surface area contributed by atoms with E-state index in [1.165, 1.54) is 30.1 Å². The highest BCUT2D eigenvalue weighted by molar-refractivity contribution is 7.89. The van der Waals surface area contributed by atoms with Crippen LogP contribution in [0.25, 0.3) is 10.8 Å². The summed E-state index contributed by atoms with van der Waals surface area (Å²) < 4.78 is 56.0. The molecule has 0 bridgehead atoms. The second-order valence-corrected chi connectivity index (χ2v) is 15.3. The second-order valence-electron chi connectivity index (χ2n) is 11.1. The smallest absolute Gasteiger partial charge is 0.245 e. The molecule has 10 nitrogen and oxygen atoms in total. The van der Waals surface area contributed by atoms with Crippen molar-refractivity contribution >= 4 is 54.2 Å². The van der Waals surface area contributed by atoms with Gasteiger partial charge in [0.2, 0.25) is 31.9 Å². The van der Waals surface area contributed by atoms with Crippen LogP contribution in [-0.2, 0) is 29.6 Å². The Balaban J connectivity index is 1.21. The average molecular weight is 647 g/mol. The highest BCUT2D eigenvalue weighted by atomic mass is 35.5. The summed E-state index contributed by atoms with van der Waals surface area (Å²) in [6.45, 7) is 2.99. The topological polar surface area (TPSA) is 124 Å². The van der Waals surface area contributed by atoms with Crippen LogP contribution in [0, 0.1) is 5.92 Å². The van der Waals surface area contributed by atoms with Gasteiger partial charge in [0.15, 0.2) is 0 Å². The Morgan fingerprint density at radius 1 is 0.977 bits per heavy atom. The van der Waals surface area contributed by atoms with Crippen LogP contribution in [-0.4, -0.2) is 88.1 Å². The molecule has 0 saturated carbocycles. The van der Waals surface area contributed by atoms with Crippen molar-refractivity contribution in [2.75, 3.05) is 33.2 Å². The Hall–Kier alpha value is -3.03.